The first-order chi connectivity index (χ1) is 7.15. The van der Waals surface area contributed by atoms with Gasteiger partial charge in [0.05, 0.1) is 11.9 Å². The van der Waals surface area contributed by atoms with Gasteiger partial charge >= 0.3 is 0 Å². The Labute approximate surface area is 90.3 Å². The predicted molar refractivity (Wildman–Crippen MR) is 57.2 cm³/mol. The molecular formula is C11H19N3O. The van der Waals surface area contributed by atoms with Crippen molar-refractivity contribution in [2.24, 2.45) is 5.92 Å². The molecule has 1 fully saturated rings. The van der Waals surface area contributed by atoms with Gasteiger partial charge in [-0.05, 0) is 31.6 Å². The molecule has 1 saturated carbocycles. The van der Waals surface area contributed by atoms with Crippen molar-refractivity contribution in [2.45, 2.75) is 51.7 Å². The Morgan fingerprint density at radius 2 is 2.47 bits per heavy atom. The van der Waals surface area contributed by atoms with Crippen LogP contribution in [0.25, 0.3) is 0 Å². The topological polar surface area (TPSA) is 50.9 Å². The van der Waals surface area contributed by atoms with Gasteiger partial charge < -0.3 is 5.11 Å². The molecule has 2 atom stereocenters. The van der Waals surface area contributed by atoms with Crippen LogP contribution in [0.5, 0.6) is 0 Å². The average molecular weight is 209 g/mol. The van der Waals surface area contributed by atoms with E-state index in [0.717, 1.165) is 37.9 Å². The molecule has 1 N–H and O–H groups in total. The van der Waals surface area contributed by atoms with E-state index in [-0.39, 0.29) is 0 Å². The largest absolute Gasteiger partial charge is 0.383 e. The van der Waals surface area contributed by atoms with Crippen LogP contribution in [0.2, 0.25) is 0 Å². The van der Waals surface area contributed by atoms with Gasteiger partial charge in [-0.3, -0.25) is 0 Å². The second-order valence-electron chi connectivity index (χ2n) is 4.72. The van der Waals surface area contributed by atoms with E-state index in [0.29, 0.717) is 5.92 Å². The fourth-order valence-electron chi connectivity index (χ4n) is 2.49. The minimum atomic E-state index is -0.682. The second-order valence-corrected chi connectivity index (χ2v) is 4.72. The van der Waals surface area contributed by atoms with Gasteiger partial charge in [0.15, 0.2) is 0 Å². The highest BCUT2D eigenvalue weighted by molar-refractivity contribution is 5.11. The fraction of sp³-hybridized carbons (Fsp3) is 0.818. The summed E-state index contributed by atoms with van der Waals surface area (Å²) in [6.07, 6.45) is 5.50. The number of aryl methyl sites for hydroxylation is 1. The molecule has 4 nitrogen and oxygen atoms in total. The summed E-state index contributed by atoms with van der Waals surface area (Å²) < 4.78 is 1.85. The Balaban J connectivity index is 2.24. The summed E-state index contributed by atoms with van der Waals surface area (Å²) in [5.41, 5.74) is 0.214. The third-order valence-electron chi connectivity index (χ3n) is 3.27. The molecule has 2 unspecified atom stereocenters. The molecule has 1 heterocycles. The van der Waals surface area contributed by atoms with E-state index in [1.165, 1.54) is 0 Å². The van der Waals surface area contributed by atoms with Crippen molar-refractivity contribution in [3.8, 4) is 0 Å². The summed E-state index contributed by atoms with van der Waals surface area (Å²) in [7, 11) is 0. The minimum absolute atomic E-state index is 0.597. The third kappa shape index (κ3) is 1.91. The van der Waals surface area contributed by atoms with Gasteiger partial charge in [-0.15, -0.1) is 5.10 Å². The van der Waals surface area contributed by atoms with Crippen molar-refractivity contribution in [1.29, 1.82) is 0 Å². The van der Waals surface area contributed by atoms with Gasteiger partial charge in [0.1, 0.15) is 5.60 Å². The van der Waals surface area contributed by atoms with Gasteiger partial charge in [-0.2, -0.15) is 0 Å². The van der Waals surface area contributed by atoms with E-state index >= 15 is 0 Å². The minimum Gasteiger partial charge on any atom is -0.383 e. The SMILES string of the molecule is CCCn1nncc1C1(O)CCC(C)C1. The Bertz CT molecular complexity index is 336. The molecule has 0 radical (unpaired) electrons. The van der Waals surface area contributed by atoms with Gasteiger partial charge in [0, 0.05) is 6.54 Å². The molecule has 1 aromatic heterocycles. The average Bonchev–Trinajstić information content (AvgIpc) is 2.75. The van der Waals surface area contributed by atoms with Gasteiger partial charge in [0.2, 0.25) is 0 Å². The molecule has 84 valence electrons. The lowest BCUT2D eigenvalue weighted by Gasteiger charge is -2.22. The maximum absolute atomic E-state index is 10.5. The molecule has 1 aromatic rings. The van der Waals surface area contributed by atoms with Gasteiger partial charge in [-0.1, -0.05) is 19.1 Å². The van der Waals surface area contributed by atoms with Crippen molar-refractivity contribution in [1.82, 2.24) is 15.0 Å². The zero-order chi connectivity index (χ0) is 10.9. The van der Waals surface area contributed by atoms with E-state index in [9.17, 15) is 5.11 Å². The van der Waals surface area contributed by atoms with E-state index in [2.05, 4.69) is 24.2 Å². The van der Waals surface area contributed by atoms with Crippen LogP contribution in [0.3, 0.4) is 0 Å². The maximum Gasteiger partial charge on any atom is 0.108 e. The van der Waals surface area contributed by atoms with Crippen molar-refractivity contribution in [2.75, 3.05) is 0 Å². The molecular weight excluding hydrogens is 190 g/mol. The highest BCUT2D eigenvalue weighted by Gasteiger charge is 2.39. The molecule has 0 spiro atoms. The highest BCUT2D eigenvalue weighted by Crippen LogP contribution is 2.41. The quantitative estimate of drug-likeness (QED) is 0.824. The first kappa shape index (κ1) is 10.6. The van der Waals surface area contributed by atoms with Crippen molar-refractivity contribution in [3.63, 3.8) is 0 Å². The summed E-state index contributed by atoms with van der Waals surface area (Å²) in [4.78, 5) is 0. The number of hydrogen-bond acceptors (Lipinski definition) is 3. The van der Waals surface area contributed by atoms with Crippen LogP contribution >= 0.6 is 0 Å². The molecule has 4 heteroatoms. The van der Waals surface area contributed by atoms with Gasteiger partial charge in [-0.25, -0.2) is 4.68 Å². The molecule has 2 rings (SSSR count). The zero-order valence-electron chi connectivity index (χ0n) is 9.48. The van der Waals surface area contributed by atoms with Gasteiger partial charge in [0.25, 0.3) is 0 Å². The van der Waals surface area contributed by atoms with Crippen LogP contribution in [-0.4, -0.2) is 20.1 Å². The van der Waals surface area contributed by atoms with Crippen LogP contribution in [0.15, 0.2) is 6.20 Å². The Morgan fingerprint density at radius 1 is 1.67 bits per heavy atom. The molecule has 1 aliphatic carbocycles. The number of aliphatic hydroxyl groups is 1. The first-order valence-electron chi connectivity index (χ1n) is 5.77. The van der Waals surface area contributed by atoms with Crippen molar-refractivity contribution < 1.29 is 5.11 Å². The standard InChI is InChI=1S/C11H19N3O/c1-3-6-14-10(8-12-13-14)11(15)5-4-9(2)7-11/h8-9,15H,3-7H2,1-2H3. The monoisotopic (exact) mass is 209 g/mol. The molecule has 0 amide bonds. The third-order valence-corrected chi connectivity index (χ3v) is 3.27. The van der Waals surface area contributed by atoms with Crippen molar-refractivity contribution in [3.05, 3.63) is 11.9 Å². The zero-order valence-corrected chi connectivity index (χ0v) is 9.48. The lowest BCUT2D eigenvalue weighted by Crippen LogP contribution is -2.26. The van der Waals surface area contributed by atoms with E-state index < -0.39 is 5.60 Å². The Hall–Kier alpha value is -0.900. The van der Waals surface area contributed by atoms with E-state index in [1.807, 2.05) is 4.68 Å². The lowest BCUT2D eigenvalue weighted by atomic mass is 9.97. The van der Waals surface area contributed by atoms with Crippen LogP contribution < -0.4 is 0 Å². The van der Waals surface area contributed by atoms with Crippen LogP contribution in [-0.2, 0) is 12.1 Å². The molecule has 15 heavy (non-hydrogen) atoms. The molecule has 0 bridgehead atoms. The Morgan fingerprint density at radius 3 is 3.07 bits per heavy atom. The molecule has 0 aromatic carbocycles. The van der Waals surface area contributed by atoms with Crippen LogP contribution in [0.4, 0.5) is 0 Å². The number of nitrogens with zero attached hydrogens (tertiary/aromatic N) is 3. The number of hydrogen-bond donors (Lipinski definition) is 1. The van der Waals surface area contributed by atoms with Crippen LogP contribution in [0, 0.1) is 5.92 Å². The van der Waals surface area contributed by atoms with E-state index in [1.54, 1.807) is 6.20 Å². The second kappa shape index (κ2) is 3.93. The summed E-state index contributed by atoms with van der Waals surface area (Å²) in [5.74, 6) is 0.597. The van der Waals surface area contributed by atoms with Crippen molar-refractivity contribution >= 4 is 0 Å². The molecule has 0 saturated heterocycles. The number of aromatic nitrogens is 3. The first-order valence-corrected chi connectivity index (χ1v) is 5.77. The predicted octanol–water partition coefficient (Wildman–Crippen LogP) is 1.70. The lowest BCUT2D eigenvalue weighted by molar-refractivity contribution is 0.0313. The maximum atomic E-state index is 10.5. The normalized spacial score (nSPS) is 31.0. The summed E-state index contributed by atoms with van der Waals surface area (Å²) in [6.45, 7) is 5.13. The summed E-state index contributed by atoms with van der Waals surface area (Å²) >= 11 is 0. The van der Waals surface area contributed by atoms with Crippen LogP contribution in [0.1, 0.15) is 45.2 Å². The fourth-order valence-corrected chi connectivity index (χ4v) is 2.49. The summed E-state index contributed by atoms with van der Waals surface area (Å²) in [5, 5.41) is 18.5. The molecule has 0 aliphatic heterocycles. The van der Waals surface area contributed by atoms with E-state index in [4.69, 9.17) is 0 Å². The Kier molecular flexibility index (Phi) is 2.78. The highest BCUT2D eigenvalue weighted by atomic mass is 16.3. The molecule has 1 aliphatic rings. The smallest absolute Gasteiger partial charge is 0.108 e. The number of rotatable bonds is 3. The summed E-state index contributed by atoms with van der Waals surface area (Å²) in [6, 6.07) is 0.